The average molecular weight is 325 g/mol. The molecule has 8 nitrogen and oxygen atoms in total. The van der Waals surface area contributed by atoms with Crippen molar-refractivity contribution in [1.29, 1.82) is 0 Å². The third-order valence-electron chi connectivity index (χ3n) is 4.42. The molecule has 0 unspecified atom stereocenters. The van der Waals surface area contributed by atoms with Crippen LogP contribution in [-0.2, 0) is 19.1 Å². The molecule has 1 aliphatic heterocycles. The van der Waals surface area contributed by atoms with Crippen molar-refractivity contribution in [3.05, 3.63) is 0 Å². The molecule has 2 N–H and O–H groups in total. The number of hydrogen-bond donors (Lipinski definition) is 2. The van der Waals surface area contributed by atoms with Crippen LogP contribution in [0.25, 0.3) is 0 Å². The standard InChI is InChI=1S/C15H23N3O5/c1-3-15(2)13(21)18(14(22)17-15)8-12(20)23-9-11(19)16-10-6-4-5-7-10/h10H,3-9H2,1-2H3,(H,16,19)(H,17,22)/t15-/m1/s1. The van der Waals surface area contributed by atoms with Crippen molar-refractivity contribution in [1.82, 2.24) is 15.5 Å². The molecule has 4 amide bonds. The van der Waals surface area contributed by atoms with Crippen molar-refractivity contribution in [2.24, 2.45) is 0 Å². The number of rotatable bonds is 6. The first-order valence-electron chi connectivity index (χ1n) is 7.95. The van der Waals surface area contributed by atoms with Gasteiger partial charge in [-0.25, -0.2) is 4.79 Å². The number of hydrogen-bond acceptors (Lipinski definition) is 5. The highest BCUT2D eigenvalue weighted by molar-refractivity contribution is 6.08. The minimum Gasteiger partial charge on any atom is -0.454 e. The Kier molecular flexibility index (Phi) is 5.23. The monoisotopic (exact) mass is 325 g/mol. The summed E-state index contributed by atoms with van der Waals surface area (Å²) in [5.74, 6) is -1.60. The third-order valence-corrected chi connectivity index (χ3v) is 4.42. The van der Waals surface area contributed by atoms with E-state index in [0.717, 1.165) is 30.6 Å². The molecule has 1 heterocycles. The van der Waals surface area contributed by atoms with Gasteiger partial charge in [0.1, 0.15) is 12.1 Å². The minimum atomic E-state index is -0.989. The molecule has 0 aromatic carbocycles. The fraction of sp³-hybridized carbons (Fsp3) is 0.733. The first kappa shape index (κ1) is 17.2. The number of nitrogens with one attached hydrogen (secondary N) is 2. The summed E-state index contributed by atoms with van der Waals surface area (Å²) in [7, 11) is 0. The Bertz CT molecular complexity index is 515. The largest absolute Gasteiger partial charge is 0.454 e. The second-order valence-corrected chi connectivity index (χ2v) is 6.22. The normalized spacial score (nSPS) is 24.7. The summed E-state index contributed by atoms with van der Waals surface area (Å²) < 4.78 is 4.85. The van der Waals surface area contributed by atoms with Crippen molar-refractivity contribution < 1.29 is 23.9 Å². The Morgan fingerprint density at radius 2 is 2.00 bits per heavy atom. The first-order chi connectivity index (χ1) is 10.9. The quantitative estimate of drug-likeness (QED) is 0.540. The van der Waals surface area contributed by atoms with E-state index in [-0.39, 0.29) is 11.9 Å². The van der Waals surface area contributed by atoms with Crippen LogP contribution in [0.2, 0.25) is 0 Å². The van der Waals surface area contributed by atoms with Crippen molar-refractivity contribution in [2.75, 3.05) is 13.2 Å². The topological polar surface area (TPSA) is 105 Å². The number of carbonyl (C=O) groups is 4. The van der Waals surface area contributed by atoms with Gasteiger partial charge in [0.25, 0.3) is 11.8 Å². The Hall–Kier alpha value is -2.12. The molecule has 2 rings (SSSR count). The van der Waals surface area contributed by atoms with Crippen molar-refractivity contribution in [3.8, 4) is 0 Å². The minimum absolute atomic E-state index is 0.150. The van der Waals surface area contributed by atoms with Crippen LogP contribution in [0.15, 0.2) is 0 Å². The van der Waals surface area contributed by atoms with Crippen LogP contribution >= 0.6 is 0 Å². The molecule has 0 spiro atoms. The molecular formula is C15H23N3O5. The Morgan fingerprint density at radius 3 is 2.57 bits per heavy atom. The van der Waals surface area contributed by atoms with Crippen LogP contribution in [0, 0.1) is 0 Å². The molecule has 128 valence electrons. The van der Waals surface area contributed by atoms with Gasteiger partial charge in [0.2, 0.25) is 0 Å². The number of carbonyl (C=O) groups excluding carboxylic acids is 4. The van der Waals surface area contributed by atoms with E-state index in [0.29, 0.717) is 6.42 Å². The zero-order valence-electron chi connectivity index (χ0n) is 13.5. The highest BCUT2D eigenvalue weighted by atomic mass is 16.5. The molecule has 1 atom stereocenters. The van der Waals surface area contributed by atoms with E-state index >= 15 is 0 Å². The predicted octanol–water partition coefficient (Wildman–Crippen LogP) is 0.309. The third kappa shape index (κ3) is 4.00. The van der Waals surface area contributed by atoms with E-state index in [2.05, 4.69) is 10.6 Å². The van der Waals surface area contributed by atoms with Crippen LogP contribution in [0.5, 0.6) is 0 Å². The summed E-state index contributed by atoms with van der Waals surface area (Å²) in [6, 6.07) is -0.468. The van der Waals surface area contributed by atoms with E-state index < -0.39 is 36.6 Å². The maximum absolute atomic E-state index is 12.1. The molecule has 0 aromatic rings. The number of nitrogens with zero attached hydrogens (tertiary/aromatic N) is 1. The van der Waals surface area contributed by atoms with Crippen LogP contribution in [-0.4, -0.2) is 53.4 Å². The van der Waals surface area contributed by atoms with Crippen LogP contribution in [0.4, 0.5) is 4.79 Å². The summed E-state index contributed by atoms with van der Waals surface area (Å²) in [6.45, 7) is 2.49. The number of amides is 4. The molecule has 8 heteroatoms. The van der Waals surface area contributed by atoms with Crippen molar-refractivity contribution >= 4 is 23.8 Å². The van der Waals surface area contributed by atoms with Gasteiger partial charge in [-0.1, -0.05) is 19.8 Å². The summed E-state index contributed by atoms with van der Waals surface area (Å²) in [4.78, 5) is 48.1. The van der Waals surface area contributed by atoms with Gasteiger partial charge in [-0.2, -0.15) is 0 Å². The Labute approximate surface area is 134 Å². The molecule has 23 heavy (non-hydrogen) atoms. The van der Waals surface area contributed by atoms with E-state index in [9.17, 15) is 19.2 Å². The molecular weight excluding hydrogens is 302 g/mol. The number of esters is 1. The van der Waals surface area contributed by atoms with E-state index in [4.69, 9.17) is 4.74 Å². The molecule has 0 bridgehead atoms. The van der Waals surface area contributed by atoms with Gasteiger partial charge in [-0.15, -0.1) is 0 Å². The fourth-order valence-electron chi connectivity index (χ4n) is 2.79. The summed E-state index contributed by atoms with van der Waals surface area (Å²) in [6.07, 6.45) is 4.49. The first-order valence-corrected chi connectivity index (χ1v) is 7.95. The lowest BCUT2D eigenvalue weighted by atomic mass is 9.99. The smallest absolute Gasteiger partial charge is 0.326 e. The summed E-state index contributed by atoms with van der Waals surface area (Å²) in [5.41, 5.74) is -0.989. The molecule has 2 aliphatic rings. The van der Waals surface area contributed by atoms with Gasteiger partial charge in [0.15, 0.2) is 6.61 Å². The Morgan fingerprint density at radius 1 is 1.35 bits per heavy atom. The fourth-order valence-corrected chi connectivity index (χ4v) is 2.79. The van der Waals surface area contributed by atoms with Gasteiger partial charge >= 0.3 is 12.0 Å². The van der Waals surface area contributed by atoms with Gasteiger partial charge in [-0.05, 0) is 26.2 Å². The summed E-state index contributed by atoms with van der Waals surface area (Å²) in [5, 5.41) is 5.34. The maximum Gasteiger partial charge on any atom is 0.326 e. The zero-order valence-corrected chi connectivity index (χ0v) is 13.5. The second-order valence-electron chi connectivity index (χ2n) is 6.22. The second kappa shape index (κ2) is 6.97. The van der Waals surface area contributed by atoms with Crippen molar-refractivity contribution in [3.63, 3.8) is 0 Å². The average Bonchev–Trinajstić information content (AvgIpc) is 3.08. The number of urea groups is 1. The van der Waals surface area contributed by atoms with Gasteiger partial charge in [0, 0.05) is 6.04 Å². The van der Waals surface area contributed by atoms with Gasteiger partial charge < -0.3 is 15.4 Å². The molecule has 0 aromatic heterocycles. The number of ether oxygens (including phenoxy) is 1. The van der Waals surface area contributed by atoms with Gasteiger partial charge in [0.05, 0.1) is 0 Å². The SMILES string of the molecule is CC[C@@]1(C)NC(=O)N(CC(=O)OCC(=O)NC2CCCC2)C1=O. The van der Waals surface area contributed by atoms with Crippen molar-refractivity contribution in [2.45, 2.75) is 57.5 Å². The van der Waals surface area contributed by atoms with E-state index in [1.54, 1.807) is 13.8 Å². The molecule has 0 radical (unpaired) electrons. The summed E-state index contributed by atoms with van der Waals surface area (Å²) >= 11 is 0. The Balaban J connectivity index is 1.77. The van der Waals surface area contributed by atoms with E-state index in [1.807, 2.05) is 0 Å². The zero-order chi connectivity index (χ0) is 17.0. The lowest BCUT2D eigenvalue weighted by molar-refractivity contribution is -0.151. The van der Waals surface area contributed by atoms with Crippen LogP contribution in [0.1, 0.15) is 46.0 Å². The van der Waals surface area contributed by atoms with Crippen LogP contribution in [0.3, 0.4) is 0 Å². The lowest BCUT2D eigenvalue weighted by Gasteiger charge is -2.18. The molecule has 1 saturated heterocycles. The molecule has 2 fully saturated rings. The highest BCUT2D eigenvalue weighted by Crippen LogP contribution is 2.20. The molecule has 1 saturated carbocycles. The predicted molar refractivity (Wildman–Crippen MR) is 80.3 cm³/mol. The molecule has 1 aliphatic carbocycles. The maximum atomic E-state index is 12.1. The van der Waals surface area contributed by atoms with Crippen LogP contribution < -0.4 is 10.6 Å². The van der Waals surface area contributed by atoms with E-state index in [1.165, 1.54) is 0 Å². The highest BCUT2D eigenvalue weighted by Gasteiger charge is 2.47. The number of imide groups is 1. The lowest BCUT2D eigenvalue weighted by Crippen LogP contribution is -2.43. The van der Waals surface area contributed by atoms with Gasteiger partial charge in [-0.3, -0.25) is 19.3 Å².